The third-order valence-electron chi connectivity index (χ3n) is 4.31. The molecule has 1 unspecified atom stereocenters. The Kier molecular flexibility index (Phi) is 6.72. The van der Waals surface area contributed by atoms with Crippen LogP contribution in [-0.2, 0) is 9.53 Å². The van der Waals surface area contributed by atoms with E-state index < -0.39 is 5.97 Å². The molecule has 0 amide bonds. The van der Waals surface area contributed by atoms with E-state index in [1.54, 1.807) is 13.1 Å². The van der Waals surface area contributed by atoms with E-state index in [9.17, 15) is 4.79 Å². The molecule has 0 spiro atoms. The molecule has 0 saturated heterocycles. The first-order chi connectivity index (χ1) is 14.0. The normalized spacial score (nSPS) is 13.4. The van der Waals surface area contributed by atoms with E-state index in [4.69, 9.17) is 9.47 Å². The Hall–Kier alpha value is -3.06. The molecule has 150 valence electrons. The molecule has 0 saturated carbocycles. The smallest absolute Gasteiger partial charge is 0.345 e. The van der Waals surface area contributed by atoms with Gasteiger partial charge in [0.2, 0.25) is 0 Å². The van der Waals surface area contributed by atoms with Crippen molar-refractivity contribution in [1.29, 1.82) is 0 Å². The van der Waals surface area contributed by atoms with Crippen LogP contribution in [0.4, 0.5) is 0 Å². The van der Waals surface area contributed by atoms with Gasteiger partial charge in [-0.15, -0.1) is 12.6 Å². The topological polar surface area (TPSA) is 65.7 Å². The predicted octanol–water partition coefficient (Wildman–Crippen LogP) is 4.78. The minimum Gasteiger partial charge on any atom is -0.470 e. The Labute approximate surface area is 175 Å². The lowest BCUT2D eigenvalue weighted by molar-refractivity contribution is -0.137. The van der Waals surface area contributed by atoms with Crippen molar-refractivity contribution in [3.05, 3.63) is 71.5 Å². The Morgan fingerprint density at radius 3 is 2.76 bits per heavy atom. The average Bonchev–Trinajstić information content (AvgIpc) is 3.17. The molecule has 0 aliphatic heterocycles. The molecule has 1 aromatic carbocycles. The van der Waals surface area contributed by atoms with Crippen molar-refractivity contribution in [1.82, 2.24) is 9.55 Å². The molecule has 7 heteroatoms. The molecule has 2 aromatic heterocycles. The molecular weight excluding hydrogens is 386 g/mol. The molecule has 2 heterocycles. The van der Waals surface area contributed by atoms with Crippen molar-refractivity contribution in [2.45, 2.75) is 27.0 Å². The van der Waals surface area contributed by atoms with Crippen molar-refractivity contribution in [2.75, 3.05) is 6.61 Å². The SMILES string of the molecule is CCOC(=O)/C(S)=C/N=C(C)c1ccnc2c1ccn2C(C)Oc1ccccc1. The monoisotopic (exact) mass is 409 g/mol. The van der Waals surface area contributed by atoms with Crippen LogP contribution in [-0.4, -0.2) is 27.8 Å². The first-order valence-corrected chi connectivity index (χ1v) is 9.74. The second-order valence-corrected chi connectivity index (χ2v) is 6.78. The number of esters is 1. The number of pyridine rings is 1. The van der Waals surface area contributed by atoms with E-state index >= 15 is 0 Å². The lowest BCUT2D eigenvalue weighted by Gasteiger charge is -2.17. The van der Waals surface area contributed by atoms with Crippen molar-refractivity contribution >= 4 is 35.3 Å². The third-order valence-corrected chi connectivity index (χ3v) is 4.61. The standard InChI is InChI=1S/C22H23N3O3S/c1-4-27-22(26)20(29)14-24-15(2)18-10-12-23-21-19(18)11-13-25(21)16(3)28-17-8-6-5-7-9-17/h5-14,16,29H,4H2,1-3H3/b20-14-,24-15?. The Morgan fingerprint density at radius 2 is 2.03 bits per heavy atom. The predicted molar refractivity (Wildman–Crippen MR) is 117 cm³/mol. The van der Waals surface area contributed by atoms with Gasteiger partial charge in [-0.25, -0.2) is 9.78 Å². The summed E-state index contributed by atoms with van der Waals surface area (Å²) in [5.41, 5.74) is 2.45. The van der Waals surface area contributed by atoms with Gasteiger partial charge in [0.05, 0.1) is 6.61 Å². The Morgan fingerprint density at radius 1 is 1.28 bits per heavy atom. The summed E-state index contributed by atoms with van der Waals surface area (Å²) in [6.45, 7) is 5.88. The number of para-hydroxylation sites is 1. The van der Waals surface area contributed by atoms with Gasteiger partial charge in [-0.1, -0.05) is 18.2 Å². The summed E-state index contributed by atoms with van der Waals surface area (Å²) in [4.78, 5) is 20.7. The average molecular weight is 410 g/mol. The summed E-state index contributed by atoms with van der Waals surface area (Å²) < 4.78 is 12.9. The second kappa shape index (κ2) is 9.43. The first-order valence-electron chi connectivity index (χ1n) is 9.29. The number of benzene rings is 1. The summed E-state index contributed by atoms with van der Waals surface area (Å²) in [5, 5.41) is 0.947. The van der Waals surface area contributed by atoms with E-state index in [0.717, 1.165) is 28.1 Å². The number of rotatable bonds is 7. The highest BCUT2D eigenvalue weighted by Gasteiger charge is 2.14. The van der Waals surface area contributed by atoms with Crippen LogP contribution in [0.15, 0.2) is 71.0 Å². The van der Waals surface area contributed by atoms with Crippen molar-refractivity contribution in [2.24, 2.45) is 4.99 Å². The second-order valence-electron chi connectivity index (χ2n) is 6.30. The van der Waals surface area contributed by atoms with Crippen LogP contribution in [0, 0.1) is 0 Å². The molecule has 3 aromatic rings. The molecule has 6 nitrogen and oxygen atoms in total. The zero-order valence-electron chi connectivity index (χ0n) is 16.6. The van der Waals surface area contributed by atoms with E-state index in [1.807, 2.05) is 67.1 Å². The minimum atomic E-state index is -0.495. The van der Waals surface area contributed by atoms with Crippen molar-refractivity contribution in [3.63, 3.8) is 0 Å². The van der Waals surface area contributed by atoms with Gasteiger partial charge in [0.15, 0.2) is 6.23 Å². The number of nitrogens with zero attached hydrogens (tertiary/aromatic N) is 3. The van der Waals surface area contributed by atoms with Crippen LogP contribution in [0.3, 0.4) is 0 Å². The van der Waals surface area contributed by atoms with Gasteiger partial charge in [0.25, 0.3) is 0 Å². The lowest BCUT2D eigenvalue weighted by atomic mass is 10.1. The van der Waals surface area contributed by atoms with Crippen LogP contribution in [0.25, 0.3) is 11.0 Å². The largest absolute Gasteiger partial charge is 0.470 e. The highest BCUT2D eigenvalue weighted by Crippen LogP contribution is 2.24. The number of ether oxygens (including phenoxy) is 2. The molecule has 0 radical (unpaired) electrons. The fourth-order valence-corrected chi connectivity index (χ4v) is 3.03. The lowest BCUT2D eigenvalue weighted by Crippen LogP contribution is -2.11. The molecule has 3 rings (SSSR count). The van der Waals surface area contributed by atoms with Gasteiger partial charge in [0.1, 0.15) is 16.3 Å². The van der Waals surface area contributed by atoms with Crippen LogP contribution >= 0.6 is 12.6 Å². The summed E-state index contributed by atoms with van der Waals surface area (Å²) in [6.07, 6.45) is 4.85. The molecule has 1 atom stereocenters. The number of hydrogen-bond acceptors (Lipinski definition) is 6. The molecule has 0 aliphatic carbocycles. The van der Waals surface area contributed by atoms with E-state index in [1.165, 1.54) is 6.20 Å². The quantitative estimate of drug-likeness (QED) is 0.264. The van der Waals surface area contributed by atoms with Gasteiger partial charge in [-0.2, -0.15) is 0 Å². The fraction of sp³-hybridized carbons (Fsp3) is 0.227. The zero-order valence-corrected chi connectivity index (χ0v) is 17.5. The number of carbonyl (C=O) groups excluding carboxylic acids is 1. The number of carbonyl (C=O) groups is 1. The van der Waals surface area contributed by atoms with Crippen molar-refractivity contribution < 1.29 is 14.3 Å². The number of thiol groups is 1. The third kappa shape index (κ3) is 4.86. The maximum atomic E-state index is 11.7. The van der Waals surface area contributed by atoms with Crippen LogP contribution in [0.1, 0.15) is 32.6 Å². The number of aromatic nitrogens is 2. The number of aliphatic imine (C=N–C) groups is 1. The van der Waals surface area contributed by atoms with Crippen LogP contribution in [0.5, 0.6) is 5.75 Å². The Bertz CT molecular complexity index is 1060. The van der Waals surface area contributed by atoms with Gasteiger partial charge in [-0.05, 0) is 45.0 Å². The maximum Gasteiger partial charge on any atom is 0.345 e. The molecular formula is C22H23N3O3S. The molecule has 0 fully saturated rings. The van der Waals surface area contributed by atoms with Crippen LogP contribution in [0.2, 0.25) is 0 Å². The number of fused-ring (bicyclic) bond motifs is 1. The highest BCUT2D eigenvalue weighted by molar-refractivity contribution is 7.85. The Balaban J connectivity index is 1.88. The summed E-state index contributed by atoms with van der Waals surface area (Å²) in [6, 6.07) is 13.5. The summed E-state index contributed by atoms with van der Waals surface area (Å²) >= 11 is 4.14. The van der Waals surface area contributed by atoms with Gasteiger partial charge < -0.3 is 9.47 Å². The van der Waals surface area contributed by atoms with Crippen molar-refractivity contribution in [3.8, 4) is 5.75 Å². The van der Waals surface area contributed by atoms with E-state index in [0.29, 0.717) is 6.61 Å². The molecule has 0 aliphatic rings. The van der Waals surface area contributed by atoms with E-state index in [2.05, 4.69) is 22.6 Å². The molecule has 0 N–H and O–H groups in total. The maximum absolute atomic E-state index is 11.7. The number of hydrogen-bond donors (Lipinski definition) is 1. The highest BCUT2D eigenvalue weighted by atomic mass is 32.1. The van der Waals surface area contributed by atoms with E-state index in [-0.39, 0.29) is 11.1 Å². The first kappa shape index (κ1) is 20.7. The zero-order chi connectivity index (χ0) is 20.8. The molecule has 0 bridgehead atoms. The summed E-state index contributed by atoms with van der Waals surface area (Å²) in [5.74, 6) is 0.298. The van der Waals surface area contributed by atoms with Gasteiger partial charge >= 0.3 is 5.97 Å². The minimum absolute atomic E-state index is 0.152. The van der Waals surface area contributed by atoms with Gasteiger partial charge in [-0.3, -0.25) is 9.56 Å². The van der Waals surface area contributed by atoms with Crippen LogP contribution < -0.4 is 4.74 Å². The fourth-order valence-electron chi connectivity index (χ4n) is 2.90. The summed E-state index contributed by atoms with van der Waals surface area (Å²) in [7, 11) is 0. The molecule has 29 heavy (non-hydrogen) atoms. The van der Waals surface area contributed by atoms with Gasteiger partial charge in [0, 0.05) is 35.3 Å².